The maximum Gasteiger partial charge on any atom is 0.250 e. The highest BCUT2D eigenvalue weighted by Gasteiger charge is 2.42. The first-order chi connectivity index (χ1) is 12.2. The molecule has 0 amide bonds. The first-order valence-corrected chi connectivity index (χ1v) is 13.5. The molecular weight excluding hydrogens is 320 g/mol. The second kappa shape index (κ2) is 8.29. The summed E-state index contributed by atoms with van der Waals surface area (Å²) in [5.41, 5.74) is 3.52. The molecule has 1 saturated carbocycles. The number of unbranched alkanes of at least 4 members (excludes halogenated alkanes) is 3. The topological polar surface area (TPSA) is 9.23 Å². The number of hydrogen-bond acceptors (Lipinski definition) is 1. The van der Waals surface area contributed by atoms with Crippen molar-refractivity contribution < 1.29 is 4.43 Å². The van der Waals surface area contributed by atoms with Gasteiger partial charge in [-0.1, -0.05) is 77.5 Å². The van der Waals surface area contributed by atoms with Crippen molar-refractivity contribution in [2.24, 2.45) is 5.41 Å². The maximum atomic E-state index is 7.09. The van der Waals surface area contributed by atoms with Crippen molar-refractivity contribution in [1.29, 1.82) is 0 Å². The molecule has 0 N–H and O–H groups in total. The minimum absolute atomic E-state index is 0.454. The molecule has 3 rings (SSSR count). The molecule has 0 radical (unpaired) electrons. The molecule has 0 aromatic carbocycles. The van der Waals surface area contributed by atoms with Gasteiger partial charge in [0.15, 0.2) is 0 Å². The van der Waals surface area contributed by atoms with E-state index in [2.05, 4.69) is 39.0 Å². The Labute approximate surface area is 156 Å². The van der Waals surface area contributed by atoms with Crippen molar-refractivity contribution in [3.05, 3.63) is 35.1 Å². The summed E-state index contributed by atoms with van der Waals surface area (Å²) in [6.45, 7) is 6.99. The maximum absolute atomic E-state index is 7.09. The summed E-state index contributed by atoms with van der Waals surface area (Å²) in [5, 5.41) is 0. The molecule has 140 valence electrons. The highest BCUT2D eigenvalue weighted by atomic mass is 28.4. The van der Waals surface area contributed by atoms with Gasteiger partial charge in [-0.2, -0.15) is 0 Å². The molecule has 0 aliphatic heterocycles. The average molecular weight is 359 g/mol. The zero-order chi connectivity index (χ0) is 17.8. The van der Waals surface area contributed by atoms with Crippen LogP contribution in [0.2, 0.25) is 18.1 Å². The Morgan fingerprint density at radius 1 is 0.920 bits per heavy atom. The third-order valence-electron chi connectivity index (χ3n) is 6.44. The lowest BCUT2D eigenvalue weighted by Gasteiger charge is -2.34. The van der Waals surface area contributed by atoms with Crippen molar-refractivity contribution in [2.75, 3.05) is 0 Å². The highest BCUT2D eigenvalue weighted by molar-refractivity contribution is 6.74. The Hall–Kier alpha value is -0.763. The number of fused-ring (bicyclic) bond motifs is 1. The summed E-state index contributed by atoms with van der Waals surface area (Å²) >= 11 is 0. The Kier molecular flexibility index (Phi) is 6.30. The van der Waals surface area contributed by atoms with Crippen molar-refractivity contribution in [2.45, 2.75) is 103 Å². The first-order valence-electron chi connectivity index (χ1n) is 11.0. The monoisotopic (exact) mass is 358 g/mol. The van der Waals surface area contributed by atoms with E-state index in [1.165, 1.54) is 87.3 Å². The van der Waals surface area contributed by atoms with Gasteiger partial charge in [0.05, 0.1) is 5.76 Å². The summed E-state index contributed by atoms with van der Waals surface area (Å²) < 4.78 is 7.09. The average Bonchev–Trinajstić information content (AvgIpc) is 3.26. The summed E-state index contributed by atoms with van der Waals surface area (Å²) in [4.78, 5) is 0. The largest absolute Gasteiger partial charge is 0.546 e. The van der Waals surface area contributed by atoms with Gasteiger partial charge in [0.2, 0.25) is 0 Å². The van der Waals surface area contributed by atoms with E-state index in [9.17, 15) is 0 Å². The van der Waals surface area contributed by atoms with Gasteiger partial charge in [-0.3, -0.25) is 0 Å². The van der Waals surface area contributed by atoms with Gasteiger partial charge in [0, 0.05) is 17.4 Å². The molecular formula is C23H38OSi. The van der Waals surface area contributed by atoms with Crippen molar-refractivity contribution >= 4 is 8.32 Å². The molecule has 0 saturated heterocycles. The van der Waals surface area contributed by atoms with Crippen molar-refractivity contribution in [3.8, 4) is 0 Å². The molecule has 25 heavy (non-hydrogen) atoms. The molecule has 1 nitrogen and oxygen atoms in total. The predicted molar refractivity (Wildman–Crippen MR) is 111 cm³/mol. The van der Waals surface area contributed by atoms with Gasteiger partial charge in [-0.25, -0.2) is 0 Å². The van der Waals surface area contributed by atoms with Crippen LogP contribution in [0.3, 0.4) is 0 Å². The zero-order valence-corrected chi connectivity index (χ0v) is 17.8. The standard InChI is InChI=1S/C23H38OSi/c1-4-7-16-25(17-8-5-2,18-9-6-3)24-22-11-10-20-19-23(14-15-23)13-12-21(20)22/h12-13,19H,4-11,14-18H2,1-3H3. The summed E-state index contributed by atoms with van der Waals surface area (Å²) in [6.07, 6.45) is 20.5. The molecule has 0 heterocycles. The van der Waals surface area contributed by atoms with Crippen LogP contribution in [-0.2, 0) is 4.43 Å². The molecule has 3 aliphatic carbocycles. The second-order valence-corrected chi connectivity index (χ2v) is 12.7. The molecule has 2 heteroatoms. The van der Waals surface area contributed by atoms with Gasteiger partial charge in [0.25, 0.3) is 8.32 Å². The van der Waals surface area contributed by atoms with Gasteiger partial charge >= 0.3 is 0 Å². The van der Waals surface area contributed by atoms with Crippen LogP contribution in [-0.4, -0.2) is 8.32 Å². The minimum Gasteiger partial charge on any atom is -0.546 e. The molecule has 0 aromatic rings. The van der Waals surface area contributed by atoms with Gasteiger partial charge in [-0.05, 0) is 43.0 Å². The van der Waals surface area contributed by atoms with Crippen LogP contribution in [0.1, 0.15) is 85.0 Å². The van der Waals surface area contributed by atoms with Crippen LogP contribution >= 0.6 is 0 Å². The van der Waals surface area contributed by atoms with Crippen LogP contribution < -0.4 is 0 Å². The normalized spacial score (nSPS) is 20.8. The fraction of sp³-hybridized carbons (Fsp3) is 0.739. The Morgan fingerprint density at radius 3 is 2.04 bits per heavy atom. The lowest BCUT2D eigenvalue weighted by Crippen LogP contribution is -2.38. The molecule has 1 fully saturated rings. The third-order valence-corrected chi connectivity index (χ3v) is 10.9. The number of hydrogen-bond donors (Lipinski definition) is 0. The Bertz CT molecular complexity index is 529. The van der Waals surface area contributed by atoms with Gasteiger partial charge < -0.3 is 4.43 Å². The highest BCUT2D eigenvalue weighted by Crippen LogP contribution is 2.54. The van der Waals surface area contributed by atoms with E-state index in [1.54, 1.807) is 5.57 Å². The molecule has 0 aromatic heterocycles. The number of rotatable bonds is 11. The summed E-state index contributed by atoms with van der Waals surface area (Å²) in [7, 11) is -1.64. The third kappa shape index (κ3) is 4.50. The smallest absolute Gasteiger partial charge is 0.250 e. The fourth-order valence-electron chi connectivity index (χ4n) is 4.54. The minimum atomic E-state index is -1.64. The van der Waals surface area contributed by atoms with E-state index in [-0.39, 0.29) is 0 Å². The van der Waals surface area contributed by atoms with E-state index >= 15 is 0 Å². The Morgan fingerprint density at radius 2 is 1.52 bits per heavy atom. The van der Waals surface area contributed by atoms with Crippen LogP contribution in [0.5, 0.6) is 0 Å². The van der Waals surface area contributed by atoms with Crippen molar-refractivity contribution in [1.82, 2.24) is 0 Å². The van der Waals surface area contributed by atoms with Crippen LogP contribution in [0, 0.1) is 5.41 Å². The van der Waals surface area contributed by atoms with Crippen molar-refractivity contribution in [3.63, 3.8) is 0 Å². The van der Waals surface area contributed by atoms with Gasteiger partial charge in [-0.15, -0.1) is 0 Å². The lowest BCUT2D eigenvalue weighted by molar-refractivity contribution is 0.380. The van der Waals surface area contributed by atoms with E-state index in [1.807, 2.05) is 0 Å². The Balaban J connectivity index is 1.79. The molecule has 3 aliphatic rings. The van der Waals surface area contributed by atoms with E-state index < -0.39 is 8.32 Å². The van der Waals surface area contributed by atoms with Crippen LogP contribution in [0.25, 0.3) is 0 Å². The summed E-state index contributed by atoms with van der Waals surface area (Å²) in [6, 6.07) is 4.10. The molecule has 1 spiro atoms. The second-order valence-electron chi connectivity index (χ2n) is 8.67. The molecule has 0 atom stereocenters. The SMILES string of the molecule is CCCC[Si](CCCC)(CCCC)OC1=C2C=CC3(C=C2CC1)CC3. The van der Waals surface area contributed by atoms with Crippen LogP contribution in [0.4, 0.5) is 0 Å². The van der Waals surface area contributed by atoms with Gasteiger partial charge in [0.1, 0.15) is 0 Å². The molecule has 0 bridgehead atoms. The number of allylic oxidation sites excluding steroid dienone is 6. The lowest BCUT2D eigenvalue weighted by atomic mass is 9.92. The first kappa shape index (κ1) is 19.0. The quantitative estimate of drug-likeness (QED) is 0.344. The summed E-state index contributed by atoms with van der Waals surface area (Å²) in [5.74, 6) is 1.37. The van der Waals surface area contributed by atoms with E-state index in [0.717, 1.165) is 6.42 Å². The van der Waals surface area contributed by atoms with Crippen LogP contribution in [0.15, 0.2) is 35.1 Å². The van der Waals surface area contributed by atoms with E-state index in [0.29, 0.717) is 5.41 Å². The zero-order valence-electron chi connectivity index (χ0n) is 16.8. The predicted octanol–water partition coefficient (Wildman–Crippen LogP) is 7.67. The fourth-order valence-corrected chi connectivity index (χ4v) is 9.32. The molecule has 0 unspecified atom stereocenters. The van der Waals surface area contributed by atoms with E-state index in [4.69, 9.17) is 4.43 Å².